The van der Waals surface area contributed by atoms with Gasteiger partial charge in [0.25, 0.3) is 0 Å². The summed E-state index contributed by atoms with van der Waals surface area (Å²) in [7, 11) is 1.97. The lowest BCUT2D eigenvalue weighted by Gasteiger charge is -2.57. The van der Waals surface area contributed by atoms with Crippen LogP contribution in [0.4, 0.5) is 0 Å². The van der Waals surface area contributed by atoms with Crippen LogP contribution in [0.3, 0.4) is 0 Å². The molecule has 224 valence electrons. The Hall–Kier alpha value is -1.32. The van der Waals surface area contributed by atoms with E-state index in [0.29, 0.717) is 40.9 Å². The molecule has 0 heterocycles. The molecule has 2 N–H and O–H groups in total. The van der Waals surface area contributed by atoms with Crippen molar-refractivity contribution in [1.82, 2.24) is 0 Å². The number of fused-ring (bicyclic) bond motifs is 10. The van der Waals surface area contributed by atoms with Crippen molar-refractivity contribution < 1.29 is 14.9 Å². The summed E-state index contributed by atoms with van der Waals surface area (Å²) >= 11 is 0. The molecule has 8 rings (SSSR count). The van der Waals surface area contributed by atoms with Crippen LogP contribution < -0.4 is 0 Å². The van der Waals surface area contributed by atoms with E-state index in [1.165, 1.54) is 80.9 Å². The minimum atomic E-state index is -0.147. The smallest absolute Gasteiger partial charge is 0.116 e. The molecule has 7 unspecified atom stereocenters. The average Bonchev–Trinajstić information content (AvgIpc) is 3.52. The van der Waals surface area contributed by atoms with Crippen LogP contribution in [0.15, 0.2) is 24.3 Å². The maximum absolute atomic E-state index is 11.1. The van der Waals surface area contributed by atoms with Crippen molar-refractivity contribution in [1.29, 1.82) is 0 Å². The molecule has 13 atom stereocenters. The van der Waals surface area contributed by atoms with E-state index < -0.39 is 0 Å². The first-order valence-corrected chi connectivity index (χ1v) is 17.6. The third kappa shape index (κ3) is 4.03. The van der Waals surface area contributed by atoms with Gasteiger partial charge >= 0.3 is 0 Å². The SMILES string of the molecule is COC1CCC2CCC3C(CC[C@]4(C)CCCC34)C2C1C=C1C[C@@H]2[C@H](CC[C@]3(C)[C@@H](O)CC[C@@H]23)c2ccc(O)cc21. The molecule has 7 aliphatic rings. The number of hydrogen-bond acceptors (Lipinski definition) is 3. The van der Waals surface area contributed by atoms with Gasteiger partial charge in [0.1, 0.15) is 5.75 Å². The zero-order chi connectivity index (χ0) is 28.1. The number of aliphatic hydroxyl groups excluding tert-OH is 1. The Morgan fingerprint density at radius 2 is 1.71 bits per heavy atom. The van der Waals surface area contributed by atoms with E-state index in [1.807, 2.05) is 13.2 Å². The van der Waals surface area contributed by atoms with Crippen LogP contribution in [0.25, 0.3) is 5.57 Å². The zero-order valence-electron chi connectivity index (χ0n) is 25.9. The molecule has 1 aromatic rings. The molecule has 0 aromatic heterocycles. The van der Waals surface area contributed by atoms with Crippen molar-refractivity contribution in [2.45, 2.75) is 122 Å². The lowest BCUT2D eigenvalue weighted by Crippen LogP contribution is -2.51. The van der Waals surface area contributed by atoms with Crippen molar-refractivity contribution >= 4 is 5.57 Å². The van der Waals surface area contributed by atoms with Gasteiger partial charge in [0, 0.05) is 13.0 Å². The fraction of sp³-hybridized carbons (Fsp3) is 0.789. The number of aromatic hydroxyl groups is 1. The largest absolute Gasteiger partial charge is 0.508 e. The second kappa shape index (κ2) is 9.85. The molecular formula is C38H54O3. The number of benzene rings is 1. The van der Waals surface area contributed by atoms with E-state index in [0.717, 1.165) is 55.3 Å². The van der Waals surface area contributed by atoms with Crippen molar-refractivity contribution in [2.75, 3.05) is 7.11 Å². The van der Waals surface area contributed by atoms with Gasteiger partial charge in [-0.15, -0.1) is 0 Å². The van der Waals surface area contributed by atoms with E-state index >= 15 is 0 Å². The van der Waals surface area contributed by atoms with Crippen molar-refractivity contribution in [3.63, 3.8) is 0 Å². The van der Waals surface area contributed by atoms with Gasteiger partial charge in [-0.2, -0.15) is 0 Å². The van der Waals surface area contributed by atoms with Gasteiger partial charge in [0.2, 0.25) is 0 Å². The maximum atomic E-state index is 11.1. The van der Waals surface area contributed by atoms with Crippen LogP contribution >= 0.6 is 0 Å². The van der Waals surface area contributed by atoms with Gasteiger partial charge in [-0.05, 0) is 170 Å². The Labute approximate surface area is 248 Å². The third-order valence-electron chi connectivity index (χ3n) is 15.2. The normalized spacial score (nSPS) is 51.2. The molecule has 0 amide bonds. The standard InChI is InChI=1S/C38H54O3/c1-37-16-4-5-32(37)27-9-6-22-7-12-34(41-3)31(36(22)28(27)14-17-37)20-23-19-30-26(25-10-8-24(39)21-29(23)25)15-18-38(2)33(30)11-13-35(38)40/h8,10,20-22,26-28,30-36,39-40H,4-7,9,11-19H2,1-3H3/t22?,26-,27?,28?,30-,31?,32?,33+,34?,35+,36?,37+,38+/m1/s1. The zero-order valence-corrected chi connectivity index (χ0v) is 25.9. The Morgan fingerprint density at radius 3 is 2.56 bits per heavy atom. The second-order valence-electron chi connectivity index (χ2n) is 16.5. The molecule has 0 saturated heterocycles. The van der Waals surface area contributed by atoms with Crippen LogP contribution in [0.2, 0.25) is 0 Å². The number of aliphatic hydroxyl groups is 1. The molecule has 0 spiro atoms. The van der Waals surface area contributed by atoms with Crippen molar-refractivity contribution in [3.8, 4) is 5.75 Å². The van der Waals surface area contributed by atoms with Crippen LogP contribution in [-0.4, -0.2) is 29.5 Å². The van der Waals surface area contributed by atoms with Gasteiger partial charge < -0.3 is 14.9 Å². The fourth-order valence-corrected chi connectivity index (χ4v) is 13.2. The first kappa shape index (κ1) is 27.2. The summed E-state index contributed by atoms with van der Waals surface area (Å²) in [6.45, 7) is 5.01. The number of hydrogen-bond donors (Lipinski definition) is 2. The Morgan fingerprint density at radius 1 is 0.854 bits per heavy atom. The minimum Gasteiger partial charge on any atom is -0.508 e. The van der Waals surface area contributed by atoms with Gasteiger partial charge in [-0.3, -0.25) is 0 Å². The number of methoxy groups -OCH3 is 1. The van der Waals surface area contributed by atoms with Crippen LogP contribution in [0, 0.1) is 58.2 Å². The van der Waals surface area contributed by atoms with Crippen molar-refractivity contribution in [2.24, 2.45) is 58.2 Å². The van der Waals surface area contributed by atoms with E-state index in [-0.39, 0.29) is 11.5 Å². The number of rotatable bonds is 2. The summed E-state index contributed by atoms with van der Waals surface area (Å²) < 4.78 is 6.37. The number of ether oxygens (including phenoxy) is 1. The number of phenolic OH excluding ortho intramolecular Hbond substituents is 1. The van der Waals surface area contributed by atoms with E-state index in [9.17, 15) is 10.2 Å². The van der Waals surface area contributed by atoms with Crippen LogP contribution in [0.5, 0.6) is 5.75 Å². The highest BCUT2D eigenvalue weighted by atomic mass is 16.5. The highest BCUT2D eigenvalue weighted by Crippen LogP contribution is 2.65. The monoisotopic (exact) mass is 558 g/mol. The molecule has 0 bridgehead atoms. The first-order valence-electron chi connectivity index (χ1n) is 17.6. The van der Waals surface area contributed by atoms with E-state index in [4.69, 9.17) is 4.74 Å². The summed E-state index contributed by atoms with van der Waals surface area (Å²) in [5.41, 5.74) is 4.95. The quantitative estimate of drug-likeness (QED) is 0.382. The molecule has 41 heavy (non-hydrogen) atoms. The Kier molecular flexibility index (Phi) is 6.54. The molecule has 6 fully saturated rings. The molecular weight excluding hydrogens is 504 g/mol. The maximum Gasteiger partial charge on any atom is 0.116 e. The summed E-state index contributed by atoms with van der Waals surface area (Å²) in [6.07, 6.45) is 21.1. The highest BCUT2D eigenvalue weighted by Gasteiger charge is 2.57. The van der Waals surface area contributed by atoms with E-state index in [1.54, 1.807) is 0 Å². The molecule has 3 heteroatoms. The lowest BCUT2D eigenvalue weighted by atomic mass is 9.48. The van der Waals surface area contributed by atoms with E-state index in [2.05, 4.69) is 32.1 Å². The van der Waals surface area contributed by atoms with Gasteiger partial charge in [0.15, 0.2) is 0 Å². The van der Waals surface area contributed by atoms with Gasteiger partial charge in [0.05, 0.1) is 12.2 Å². The van der Waals surface area contributed by atoms with Crippen LogP contribution in [0.1, 0.15) is 121 Å². The Bertz CT molecular complexity index is 1200. The third-order valence-corrected chi connectivity index (χ3v) is 15.2. The topological polar surface area (TPSA) is 49.7 Å². The van der Waals surface area contributed by atoms with Crippen molar-refractivity contribution in [3.05, 3.63) is 35.4 Å². The predicted molar refractivity (Wildman–Crippen MR) is 164 cm³/mol. The summed E-state index contributed by atoms with van der Waals surface area (Å²) in [5, 5.41) is 21.8. The average molecular weight is 559 g/mol. The summed E-state index contributed by atoms with van der Waals surface area (Å²) in [5.74, 6) is 6.93. The fourth-order valence-electron chi connectivity index (χ4n) is 13.2. The molecule has 0 aliphatic heterocycles. The lowest BCUT2D eigenvalue weighted by molar-refractivity contribution is -0.0991. The summed E-state index contributed by atoms with van der Waals surface area (Å²) in [4.78, 5) is 0. The highest BCUT2D eigenvalue weighted by molar-refractivity contribution is 5.73. The molecule has 1 aromatic carbocycles. The van der Waals surface area contributed by atoms with Crippen LogP contribution in [-0.2, 0) is 4.74 Å². The Balaban J connectivity index is 1.19. The molecule has 0 radical (unpaired) electrons. The first-order chi connectivity index (χ1) is 19.8. The second-order valence-corrected chi connectivity index (χ2v) is 16.5. The minimum absolute atomic E-state index is 0.0678. The molecule has 7 aliphatic carbocycles. The predicted octanol–water partition coefficient (Wildman–Crippen LogP) is 8.73. The summed E-state index contributed by atoms with van der Waals surface area (Å²) in [6, 6.07) is 6.27. The molecule has 6 saturated carbocycles. The molecule has 3 nitrogen and oxygen atoms in total. The van der Waals surface area contributed by atoms with Gasteiger partial charge in [-0.25, -0.2) is 0 Å². The number of phenols is 1. The number of allylic oxidation sites excluding steroid dienone is 1. The van der Waals surface area contributed by atoms with Gasteiger partial charge in [-0.1, -0.05) is 32.4 Å².